The average molecular weight is 341 g/mol. The first-order valence-corrected chi connectivity index (χ1v) is 8.92. The van der Waals surface area contributed by atoms with E-state index >= 15 is 0 Å². The molecular weight excluding hydrogens is 314 g/mol. The van der Waals surface area contributed by atoms with E-state index in [9.17, 15) is 4.79 Å². The van der Waals surface area contributed by atoms with Crippen molar-refractivity contribution in [2.24, 2.45) is 0 Å². The third-order valence-electron chi connectivity index (χ3n) is 4.77. The number of likely N-dealkylation sites (N-methyl/N-ethyl adjacent to an activating group) is 1. The molecule has 0 bridgehead atoms. The molecule has 25 heavy (non-hydrogen) atoms. The zero-order valence-corrected chi connectivity index (χ0v) is 15.2. The predicted octanol–water partition coefficient (Wildman–Crippen LogP) is 3.60. The second-order valence-electron chi connectivity index (χ2n) is 6.92. The summed E-state index contributed by atoms with van der Waals surface area (Å²) in [6, 6.07) is 10.8. The number of nitrogens with one attached hydrogen (secondary N) is 1. The Morgan fingerprint density at radius 2 is 2.08 bits per heavy atom. The number of urea groups is 1. The molecule has 6 heteroatoms. The standard InChI is InChI=1S/C19H27N5O/c1-15(2)24-13-16(12-20-24)21-19(25)22(3)18-10-7-11-23(14-18)17-8-5-4-6-9-17/h4-6,8-9,12-13,15,18H,7,10-11,14H2,1-3H3,(H,21,25)/t18-/m0/s1. The van der Waals surface area contributed by atoms with Gasteiger partial charge in [0.15, 0.2) is 0 Å². The first-order valence-electron chi connectivity index (χ1n) is 8.92. The third kappa shape index (κ3) is 4.13. The summed E-state index contributed by atoms with van der Waals surface area (Å²) in [5.41, 5.74) is 1.96. The molecular formula is C19H27N5O. The molecule has 3 rings (SSSR count). The number of amides is 2. The van der Waals surface area contributed by atoms with Gasteiger partial charge in [-0.3, -0.25) is 4.68 Å². The molecule has 0 aliphatic carbocycles. The molecule has 2 amide bonds. The van der Waals surface area contributed by atoms with Gasteiger partial charge in [0.25, 0.3) is 0 Å². The van der Waals surface area contributed by atoms with Crippen molar-refractivity contribution in [3.05, 3.63) is 42.7 Å². The summed E-state index contributed by atoms with van der Waals surface area (Å²) in [5.74, 6) is 0. The summed E-state index contributed by atoms with van der Waals surface area (Å²) in [5, 5.41) is 7.22. The summed E-state index contributed by atoms with van der Waals surface area (Å²) in [6.45, 7) is 6.02. The molecule has 0 saturated carbocycles. The van der Waals surface area contributed by atoms with Crippen molar-refractivity contribution in [1.29, 1.82) is 0 Å². The molecule has 0 spiro atoms. The van der Waals surface area contributed by atoms with Crippen molar-refractivity contribution in [3.63, 3.8) is 0 Å². The van der Waals surface area contributed by atoms with Gasteiger partial charge in [0.2, 0.25) is 0 Å². The highest BCUT2D eigenvalue weighted by Crippen LogP contribution is 2.22. The number of nitrogens with zero attached hydrogens (tertiary/aromatic N) is 4. The van der Waals surface area contributed by atoms with Gasteiger partial charge in [-0.25, -0.2) is 4.79 Å². The lowest BCUT2D eigenvalue weighted by atomic mass is 10.0. The van der Waals surface area contributed by atoms with Gasteiger partial charge in [-0.05, 0) is 38.8 Å². The minimum Gasteiger partial charge on any atom is -0.369 e. The Morgan fingerprint density at radius 3 is 2.76 bits per heavy atom. The van der Waals surface area contributed by atoms with Crippen LogP contribution in [-0.2, 0) is 0 Å². The Balaban J connectivity index is 1.61. The lowest BCUT2D eigenvalue weighted by molar-refractivity contribution is 0.196. The van der Waals surface area contributed by atoms with Crippen molar-refractivity contribution in [2.75, 3.05) is 30.4 Å². The van der Waals surface area contributed by atoms with Crippen LogP contribution in [0.25, 0.3) is 0 Å². The number of piperidine rings is 1. The monoisotopic (exact) mass is 341 g/mol. The minimum absolute atomic E-state index is 0.0804. The van der Waals surface area contributed by atoms with Gasteiger partial charge in [-0.1, -0.05) is 18.2 Å². The quantitative estimate of drug-likeness (QED) is 0.924. The fraction of sp³-hybridized carbons (Fsp3) is 0.474. The zero-order valence-electron chi connectivity index (χ0n) is 15.2. The van der Waals surface area contributed by atoms with E-state index in [-0.39, 0.29) is 18.1 Å². The van der Waals surface area contributed by atoms with Crippen LogP contribution < -0.4 is 10.2 Å². The molecule has 1 aromatic carbocycles. The van der Waals surface area contributed by atoms with Gasteiger partial charge in [0.05, 0.1) is 17.9 Å². The number of carbonyl (C=O) groups excluding carboxylic acids is 1. The minimum atomic E-state index is -0.0804. The second kappa shape index (κ2) is 7.59. The van der Waals surface area contributed by atoms with Gasteiger partial charge in [0.1, 0.15) is 0 Å². The Kier molecular flexibility index (Phi) is 5.26. The first-order chi connectivity index (χ1) is 12.0. The van der Waals surface area contributed by atoms with E-state index in [1.54, 1.807) is 6.20 Å². The molecule has 1 fully saturated rings. The number of carbonyl (C=O) groups is 1. The van der Waals surface area contributed by atoms with Crippen LogP contribution in [-0.4, -0.2) is 46.9 Å². The fourth-order valence-corrected chi connectivity index (χ4v) is 3.21. The first kappa shape index (κ1) is 17.3. The maximum atomic E-state index is 12.6. The summed E-state index contributed by atoms with van der Waals surface area (Å²) >= 11 is 0. The van der Waals surface area contributed by atoms with E-state index in [0.717, 1.165) is 31.6 Å². The van der Waals surface area contributed by atoms with Crippen molar-refractivity contribution in [3.8, 4) is 0 Å². The van der Waals surface area contributed by atoms with Gasteiger partial charge in [0, 0.05) is 38.1 Å². The number of hydrogen-bond acceptors (Lipinski definition) is 3. The highest BCUT2D eigenvalue weighted by atomic mass is 16.2. The fourth-order valence-electron chi connectivity index (χ4n) is 3.21. The van der Waals surface area contributed by atoms with Gasteiger partial charge >= 0.3 is 6.03 Å². The van der Waals surface area contributed by atoms with Crippen LogP contribution in [0.2, 0.25) is 0 Å². The van der Waals surface area contributed by atoms with Crippen LogP contribution in [0, 0.1) is 0 Å². The van der Waals surface area contributed by atoms with Crippen molar-refractivity contribution in [1.82, 2.24) is 14.7 Å². The molecule has 1 aromatic heterocycles. The Labute approximate surface area is 149 Å². The highest BCUT2D eigenvalue weighted by molar-refractivity contribution is 5.89. The van der Waals surface area contributed by atoms with E-state index in [1.165, 1.54) is 5.69 Å². The number of anilines is 2. The molecule has 0 unspecified atom stereocenters. The third-order valence-corrected chi connectivity index (χ3v) is 4.77. The lowest BCUT2D eigenvalue weighted by Crippen LogP contribution is -2.49. The molecule has 1 aliphatic rings. The number of para-hydroxylation sites is 1. The predicted molar refractivity (Wildman–Crippen MR) is 101 cm³/mol. The van der Waals surface area contributed by atoms with E-state index < -0.39 is 0 Å². The molecule has 0 radical (unpaired) electrons. The molecule has 1 N–H and O–H groups in total. The Bertz CT molecular complexity index is 697. The van der Waals surface area contributed by atoms with Gasteiger partial charge in [-0.2, -0.15) is 5.10 Å². The highest BCUT2D eigenvalue weighted by Gasteiger charge is 2.26. The maximum absolute atomic E-state index is 12.6. The SMILES string of the molecule is CC(C)n1cc(NC(=O)N(C)[C@H]2CCCN(c3ccccc3)C2)cn1. The largest absolute Gasteiger partial charge is 0.369 e. The van der Waals surface area contributed by atoms with Crippen molar-refractivity contribution < 1.29 is 4.79 Å². The topological polar surface area (TPSA) is 53.4 Å². The van der Waals surface area contributed by atoms with Crippen LogP contribution >= 0.6 is 0 Å². The molecule has 2 aromatic rings. The Morgan fingerprint density at radius 1 is 1.32 bits per heavy atom. The Hall–Kier alpha value is -2.50. The number of rotatable bonds is 4. The van der Waals surface area contributed by atoms with Crippen LogP contribution in [0.4, 0.5) is 16.2 Å². The van der Waals surface area contributed by atoms with Gasteiger partial charge < -0.3 is 15.1 Å². The van der Waals surface area contributed by atoms with Crippen LogP contribution in [0.1, 0.15) is 32.7 Å². The molecule has 134 valence electrons. The van der Waals surface area contributed by atoms with Crippen LogP contribution in [0.5, 0.6) is 0 Å². The molecule has 1 saturated heterocycles. The van der Waals surface area contributed by atoms with Crippen LogP contribution in [0.3, 0.4) is 0 Å². The molecule has 1 aliphatic heterocycles. The number of aromatic nitrogens is 2. The van der Waals surface area contributed by atoms with E-state index in [2.05, 4.69) is 53.4 Å². The lowest BCUT2D eigenvalue weighted by Gasteiger charge is -2.38. The zero-order chi connectivity index (χ0) is 17.8. The second-order valence-corrected chi connectivity index (χ2v) is 6.92. The normalized spacial score (nSPS) is 17.6. The van der Waals surface area contributed by atoms with E-state index in [0.29, 0.717) is 0 Å². The number of benzene rings is 1. The maximum Gasteiger partial charge on any atom is 0.321 e. The van der Waals surface area contributed by atoms with Crippen molar-refractivity contribution in [2.45, 2.75) is 38.8 Å². The smallest absolute Gasteiger partial charge is 0.321 e. The van der Waals surface area contributed by atoms with Gasteiger partial charge in [-0.15, -0.1) is 0 Å². The summed E-state index contributed by atoms with van der Waals surface area (Å²) in [6.07, 6.45) is 5.68. The number of hydrogen-bond donors (Lipinski definition) is 1. The van der Waals surface area contributed by atoms with Crippen LogP contribution in [0.15, 0.2) is 42.7 Å². The van der Waals surface area contributed by atoms with E-state index in [4.69, 9.17) is 0 Å². The average Bonchev–Trinajstić information content (AvgIpc) is 3.11. The molecule has 6 nitrogen and oxygen atoms in total. The van der Waals surface area contributed by atoms with E-state index in [1.807, 2.05) is 28.9 Å². The summed E-state index contributed by atoms with van der Waals surface area (Å²) in [7, 11) is 1.88. The summed E-state index contributed by atoms with van der Waals surface area (Å²) < 4.78 is 1.84. The molecule has 2 heterocycles. The molecule has 1 atom stereocenters. The summed E-state index contributed by atoms with van der Waals surface area (Å²) in [4.78, 5) is 16.8. The van der Waals surface area contributed by atoms with Crippen molar-refractivity contribution >= 4 is 17.4 Å².